The monoisotopic (exact) mass is 280 g/mol. The standard InChI is InChI=1S/C16H28N2O2/c19-15(17-11-13-3-4-13)16(7-1-2-8-16)18-12-14-5-9-20-10-6-14/h13-14,18H,1-12H2,(H,17,19). The Bertz CT molecular complexity index is 329. The van der Waals surface area contributed by atoms with Gasteiger partial charge < -0.3 is 15.4 Å². The molecule has 0 aromatic rings. The Morgan fingerprint density at radius 2 is 1.65 bits per heavy atom. The largest absolute Gasteiger partial charge is 0.381 e. The van der Waals surface area contributed by atoms with Gasteiger partial charge in [-0.1, -0.05) is 12.8 Å². The molecule has 1 saturated heterocycles. The van der Waals surface area contributed by atoms with Crippen molar-refractivity contribution in [1.29, 1.82) is 0 Å². The Morgan fingerprint density at radius 3 is 2.30 bits per heavy atom. The summed E-state index contributed by atoms with van der Waals surface area (Å²) in [6.07, 6.45) is 9.22. The van der Waals surface area contributed by atoms with Crippen LogP contribution in [0, 0.1) is 11.8 Å². The Labute approximate surface area is 122 Å². The summed E-state index contributed by atoms with van der Waals surface area (Å²) in [5.41, 5.74) is -0.271. The molecule has 3 rings (SSSR count). The van der Waals surface area contributed by atoms with Crippen LogP contribution in [0.2, 0.25) is 0 Å². The van der Waals surface area contributed by atoms with Crippen LogP contribution in [-0.2, 0) is 9.53 Å². The number of nitrogens with one attached hydrogen (secondary N) is 2. The minimum absolute atomic E-state index is 0.258. The number of carbonyl (C=O) groups is 1. The molecule has 2 aliphatic carbocycles. The van der Waals surface area contributed by atoms with Gasteiger partial charge in [-0.05, 0) is 56.9 Å². The maximum Gasteiger partial charge on any atom is 0.240 e. The molecule has 3 aliphatic rings. The highest BCUT2D eigenvalue weighted by Crippen LogP contribution is 2.32. The van der Waals surface area contributed by atoms with Crippen molar-refractivity contribution in [3.63, 3.8) is 0 Å². The lowest BCUT2D eigenvalue weighted by molar-refractivity contribution is -0.127. The number of hydrogen-bond donors (Lipinski definition) is 2. The topological polar surface area (TPSA) is 50.4 Å². The smallest absolute Gasteiger partial charge is 0.240 e. The van der Waals surface area contributed by atoms with Crippen molar-refractivity contribution in [2.45, 2.75) is 56.9 Å². The minimum Gasteiger partial charge on any atom is -0.381 e. The number of ether oxygens (including phenoxy) is 1. The average Bonchev–Trinajstić information content (AvgIpc) is 3.20. The summed E-state index contributed by atoms with van der Waals surface area (Å²) in [5, 5.41) is 6.83. The van der Waals surface area contributed by atoms with Gasteiger partial charge >= 0.3 is 0 Å². The van der Waals surface area contributed by atoms with Crippen molar-refractivity contribution in [1.82, 2.24) is 10.6 Å². The molecule has 2 saturated carbocycles. The summed E-state index contributed by atoms with van der Waals surface area (Å²) in [6.45, 7) is 3.63. The van der Waals surface area contributed by atoms with E-state index >= 15 is 0 Å². The summed E-state index contributed by atoms with van der Waals surface area (Å²) < 4.78 is 5.41. The van der Waals surface area contributed by atoms with E-state index in [4.69, 9.17) is 4.74 Å². The summed E-state index contributed by atoms with van der Waals surface area (Å²) in [5.74, 6) is 1.69. The highest BCUT2D eigenvalue weighted by atomic mass is 16.5. The maximum atomic E-state index is 12.6. The lowest BCUT2D eigenvalue weighted by atomic mass is 9.93. The fourth-order valence-corrected chi connectivity index (χ4v) is 3.48. The van der Waals surface area contributed by atoms with Crippen molar-refractivity contribution < 1.29 is 9.53 Å². The molecule has 0 unspecified atom stereocenters. The first-order chi connectivity index (χ1) is 9.78. The van der Waals surface area contributed by atoms with E-state index in [0.717, 1.165) is 57.9 Å². The Morgan fingerprint density at radius 1 is 1.00 bits per heavy atom. The van der Waals surface area contributed by atoms with Crippen LogP contribution in [0.25, 0.3) is 0 Å². The second-order valence-corrected chi connectivity index (χ2v) is 6.88. The molecular formula is C16H28N2O2. The summed E-state index contributed by atoms with van der Waals surface area (Å²) >= 11 is 0. The van der Waals surface area contributed by atoms with Crippen LogP contribution in [0.1, 0.15) is 51.4 Å². The molecule has 0 aromatic heterocycles. The first kappa shape index (κ1) is 14.3. The summed E-state index contributed by atoms with van der Waals surface area (Å²) in [7, 11) is 0. The van der Waals surface area contributed by atoms with Crippen LogP contribution in [0.15, 0.2) is 0 Å². The van der Waals surface area contributed by atoms with E-state index in [1.54, 1.807) is 0 Å². The third-order valence-electron chi connectivity index (χ3n) is 5.21. The second kappa shape index (κ2) is 6.44. The number of rotatable bonds is 6. The van der Waals surface area contributed by atoms with Gasteiger partial charge in [0.15, 0.2) is 0 Å². The van der Waals surface area contributed by atoms with Crippen molar-refractivity contribution in [3.8, 4) is 0 Å². The normalized spacial score (nSPS) is 26.6. The molecule has 0 atom stereocenters. The predicted molar refractivity (Wildman–Crippen MR) is 78.5 cm³/mol. The second-order valence-electron chi connectivity index (χ2n) is 6.88. The van der Waals surface area contributed by atoms with Crippen LogP contribution in [-0.4, -0.2) is 37.7 Å². The number of amides is 1. The van der Waals surface area contributed by atoms with Gasteiger partial charge in [-0.3, -0.25) is 4.79 Å². The highest BCUT2D eigenvalue weighted by molar-refractivity contribution is 5.86. The fourth-order valence-electron chi connectivity index (χ4n) is 3.48. The molecule has 0 bridgehead atoms. The van der Waals surface area contributed by atoms with E-state index in [0.29, 0.717) is 5.92 Å². The molecule has 2 N–H and O–H groups in total. The van der Waals surface area contributed by atoms with Crippen LogP contribution in [0.5, 0.6) is 0 Å². The van der Waals surface area contributed by atoms with Gasteiger partial charge in [-0.2, -0.15) is 0 Å². The Balaban J connectivity index is 1.51. The lowest BCUT2D eigenvalue weighted by Gasteiger charge is -2.32. The molecule has 0 spiro atoms. The van der Waals surface area contributed by atoms with E-state index in [9.17, 15) is 4.79 Å². The molecule has 1 heterocycles. The van der Waals surface area contributed by atoms with Crippen LogP contribution < -0.4 is 10.6 Å². The predicted octanol–water partition coefficient (Wildman–Crippen LogP) is 1.84. The van der Waals surface area contributed by atoms with Crippen LogP contribution >= 0.6 is 0 Å². The van der Waals surface area contributed by atoms with Crippen molar-refractivity contribution in [3.05, 3.63) is 0 Å². The van der Waals surface area contributed by atoms with Crippen LogP contribution in [0.4, 0.5) is 0 Å². The molecule has 114 valence electrons. The van der Waals surface area contributed by atoms with Crippen LogP contribution in [0.3, 0.4) is 0 Å². The average molecular weight is 280 g/mol. The zero-order valence-corrected chi connectivity index (χ0v) is 12.5. The molecule has 1 amide bonds. The lowest BCUT2D eigenvalue weighted by Crippen LogP contribution is -2.56. The summed E-state index contributed by atoms with van der Waals surface area (Å²) in [6, 6.07) is 0. The van der Waals surface area contributed by atoms with E-state index in [-0.39, 0.29) is 11.4 Å². The summed E-state index contributed by atoms with van der Waals surface area (Å²) in [4.78, 5) is 12.6. The zero-order valence-electron chi connectivity index (χ0n) is 12.5. The maximum absolute atomic E-state index is 12.6. The molecule has 3 fully saturated rings. The molecule has 4 heteroatoms. The molecular weight excluding hydrogens is 252 g/mol. The highest BCUT2D eigenvalue weighted by Gasteiger charge is 2.41. The molecule has 4 nitrogen and oxygen atoms in total. The van der Waals surface area contributed by atoms with Crippen molar-refractivity contribution in [2.75, 3.05) is 26.3 Å². The zero-order chi connectivity index (χ0) is 13.8. The van der Waals surface area contributed by atoms with Crippen molar-refractivity contribution in [2.24, 2.45) is 11.8 Å². The van der Waals surface area contributed by atoms with Gasteiger partial charge in [0.2, 0.25) is 5.91 Å². The number of hydrogen-bond acceptors (Lipinski definition) is 3. The van der Waals surface area contributed by atoms with Gasteiger partial charge in [-0.15, -0.1) is 0 Å². The van der Waals surface area contributed by atoms with E-state index in [2.05, 4.69) is 10.6 Å². The quantitative estimate of drug-likeness (QED) is 0.780. The number of carbonyl (C=O) groups excluding carboxylic acids is 1. The fraction of sp³-hybridized carbons (Fsp3) is 0.938. The molecule has 0 aromatic carbocycles. The first-order valence-corrected chi connectivity index (χ1v) is 8.40. The van der Waals surface area contributed by atoms with E-state index in [1.807, 2.05) is 0 Å². The van der Waals surface area contributed by atoms with Gasteiger partial charge in [0.25, 0.3) is 0 Å². The first-order valence-electron chi connectivity index (χ1n) is 8.40. The van der Waals surface area contributed by atoms with Gasteiger partial charge in [0.1, 0.15) is 0 Å². The Hall–Kier alpha value is -0.610. The van der Waals surface area contributed by atoms with Gasteiger partial charge in [0, 0.05) is 19.8 Å². The third-order valence-corrected chi connectivity index (χ3v) is 5.21. The van der Waals surface area contributed by atoms with Crippen molar-refractivity contribution >= 4 is 5.91 Å². The molecule has 0 radical (unpaired) electrons. The van der Waals surface area contributed by atoms with E-state index in [1.165, 1.54) is 25.7 Å². The van der Waals surface area contributed by atoms with E-state index < -0.39 is 0 Å². The molecule has 1 aliphatic heterocycles. The Kier molecular flexibility index (Phi) is 4.61. The molecule has 20 heavy (non-hydrogen) atoms. The SMILES string of the molecule is O=C(NCC1CC1)C1(NCC2CCOCC2)CCCC1. The van der Waals surface area contributed by atoms with Gasteiger partial charge in [0.05, 0.1) is 5.54 Å². The minimum atomic E-state index is -0.271. The van der Waals surface area contributed by atoms with Gasteiger partial charge in [-0.25, -0.2) is 0 Å². The third kappa shape index (κ3) is 3.53.